The van der Waals surface area contributed by atoms with Crippen molar-refractivity contribution in [3.8, 4) is 0 Å². The Morgan fingerprint density at radius 3 is 2.70 bits per heavy atom. The van der Waals surface area contributed by atoms with Gasteiger partial charge in [0.2, 0.25) is 0 Å². The highest BCUT2D eigenvalue weighted by atomic mass is 32.2. The molecule has 1 rings (SSSR count). The van der Waals surface area contributed by atoms with E-state index in [1.807, 2.05) is 0 Å². The second-order valence-corrected chi connectivity index (χ2v) is 4.94. The van der Waals surface area contributed by atoms with E-state index >= 15 is 0 Å². The minimum Gasteiger partial charge on any atom is -0.462 e. The SMILES string of the molecule is CCOC(=O)c1cnc(SCC(=O)OC(C)C)nc1N. The second kappa shape index (κ2) is 7.68. The van der Waals surface area contributed by atoms with Gasteiger partial charge in [-0.2, -0.15) is 0 Å². The molecule has 0 unspecified atom stereocenters. The molecule has 1 heterocycles. The van der Waals surface area contributed by atoms with Gasteiger partial charge in [0.1, 0.15) is 11.4 Å². The van der Waals surface area contributed by atoms with E-state index in [2.05, 4.69) is 9.97 Å². The Labute approximate surface area is 121 Å². The molecule has 0 aliphatic carbocycles. The second-order valence-electron chi connectivity index (χ2n) is 4.00. The number of hydrogen-bond acceptors (Lipinski definition) is 8. The number of nitrogens with zero attached hydrogens (tertiary/aromatic N) is 2. The van der Waals surface area contributed by atoms with Gasteiger partial charge < -0.3 is 15.2 Å². The van der Waals surface area contributed by atoms with Crippen molar-refractivity contribution in [3.05, 3.63) is 11.8 Å². The minimum atomic E-state index is -0.569. The van der Waals surface area contributed by atoms with Crippen LogP contribution in [0.2, 0.25) is 0 Å². The molecule has 0 aromatic carbocycles. The Bertz CT molecular complexity index is 494. The third-order valence-electron chi connectivity index (χ3n) is 1.98. The number of ether oxygens (including phenoxy) is 2. The Kier molecular flexibility index (Phi) is 6.23. The van der Waals surface area contributed by atoms with Gasteiger partial charge in [-0.1, -0.05) is 11.8 Å². The molecule has 0 radical (unpaired) electrons. The van der Waals surface area contributed by atoms with Gasteiger partial charge in [-0.25, -0.2) is 14.8 Å². The van der Waals surface area contributed by atoms with Crippen LogP contribution in [0.3, 0.4) is 0 Å². The fourth-order valence-electron chi connectivity index (χ4n) is 1.23. The molecule has 0 saturated heterocycles. The maximum absolute atomic E-state index is 11.5. The Balaban J connectivity index is 2.64. The number of rotatable bonds is 6. The highest BCUT2D eigenvalue weighted by Crippen LogP contribution is 2.17. The van der Waals surface area contributed by atoms with Gasteiger partial charge in [0.15, 0.2) is 5.16 Å². The lowest BCUT2D eigenvalue weighted by atomic mass is 10.3. The summed E-state index contributed by atoms with van der Waals surface area (Å²) >= 11 is 1.09. The molecule has 1 aromatic rings. The van der Waals surface area contributed by atoms with Gasteiger partial charge in [-0.3, -0.25) is 4.79 Å². The molecule has 110 valence electrons. The van der Waals surface area contributed by atoms with Gasteiger partial charge in [0.05, 0.1) is 18.5 Å². The summed E-state index contributed by atoms with van der Waals surface area (Å²) in [5, 5.41) is 0.302. The van der Waals surface area contributed by atoms with Crippen LogP contribution in [0.5, 0.6) is 0 Å². The Hall–Kier alpha value is -1.83. The average Bonchev–Trinajstić information content (AvgIpc) is 2.35. The molecule has 0 fully saturated rings. The normalized spacial score (nSPS) is 10.4. The number of nitrogens with two attached hydrogens (primary N) is 1. The smallest absolute Gasteiger partial charge is 0.343 e. The van der Waals surface area contributed by atoms with Crippen LogP contribution in [-0.2, 0) is 14.3 Å². The van der Waals surface area contributed by atoms with Crippen LogP contribution >= 0.6 is 11.8 Å². The summed E-state index contributed by atoms with van der Waals surface area (Å²) in [7, 11) is 0. The summed E-state index contributed by atoms with van der Waals surface area (Å²) in [6.07, 6.45) is 1.12. The summed E-state index contributed by atoms with van der Waals surface area (Å²) in [5.41, 5.74) is 5.77. The van der Waals surface area contributed by atoms with Gasteiger partial charge in [-0.05, 0) is 20.8 Å². The van der Waals surface area contributed by atoms with Crippen molar-refractivity contribution in [2.24, 2.45) is 0 Å². The summed E-state index contributed by atoms with van der Waals surface area (Å²) in [5.74, 6) is -0.823. The number of hydrogen-bond donors (Lipinski definition) is 1. The molecule has 20 heavy (non-hydrogen) atoms. The monoisotopic (exact) mass is 299 g/mol. The average molecular weight is 299 g/mol. The largest absolute Gasteiger partial charge is 0.462 e. The van der Waals surface area contributed by atoms with Crippen molar-refractivity contribution >= 4 is 29.5 Å². The first-order valence-electron chi connectivity index (χ1n) is 6.06. The quantitative estimate of drug-likeness (QED) is 0.476. The minimum absolute atomic E-state index is 0.0261. The van der Waals surface area contributed by atoms with E-state index in [-0.39, 0.29) is 35.8 Å². The standard InChI is InChI=1S/C12H17N3O4S/c1-4-18-11(17)8-5-14-12(15-10(8)13)20-6-9(16)19-7(2)3/h5,7H,4,6H2,1-3H3,(H2,13,14,15). The highest BCUT2D eigenvalue weighted by Gasteiger charge is 2.14. The van der Waals surface area contributed by atoms with Crippen molar-refractivity contribution in [3.63, 3.8) is 0 Å². The third-order valence-corrected chi connectivity index (χ3v) is 2.81. The van der Waals surface area contributed by atoms with Crippen LogP contribution in [-0.4, -0.2) is 40.4 Å². The topological polar surface area (TPSA) is 104 Å². The lowest BCUT2D eigenvalue weighted by Crippen LogP contribution is -2.14. The van der Waals surface area contributed by atoms with E-state index in [4.69, 9.17) is 15.2 Å². The molecule has 0 spiro atoms. The first kappa shape index (κ1) is 16.2. The van der Waals surface area contributed by atoms with Gasteiger partial charge in [0, 0.05) is 6.20 Å². The Morgan fingerprint density at radius 1 is 1.45 bits per heavy atom. The van der Waals surface area contributed by atoms with Crippen LogP contribution in [0.15, 0.2) is 11.4 Å². The number of thioether (sulfide) groups is 1. The zero-order chi connectivity index (χ0) is 15.1. The molecule has 0 atom stereocenters. The highest BCUT2D eigenvalue weighted by molar-refractivity contribution is 7.99. The number of carbonyl (C=O) groups is 2. The molecule has 2 N–H and O–H groups in total. The number of anilines is 1. The van der Waals surface area contributed by atoms with E-state index in [0.29, 0.717) is 5.16 Å². The van der Waals surface area contributed by atoms with Crippen molar-refractivity contribution in [2.75, 3.05) is 18.1 Å². The zero-order valence-corrected chi connectivity index (χ0v) is 12.4. The molecule has 0 aliphatic rings. The van der Waals surface area contributed by atoms with Crippen LogP contribution < -0.4 is 5.73 Å². The lowest BCUT2D eigenvalue weighted by molar-refractivity contribution is -0.144. The maximum Gasteiger partial charge on any atom is 0.343 e. The molecule has 0 amide bonds. The third kappa shape index (κ3) is 5.04. The maximum atomic E-state index is 11.5. The van der Waals surface area contributed by atoms with E-state index in [1.54, 1.807) is 20.8 Å². The van der Waals surface area contributed by atoms with Gasteiger partial charge in [-0.15, -0.1) is 0 Å². The zero-order valence-electron chi connectivity index (χ0n) is 11.6. The lowest BCUT2D eigenvalue weighted by Gasteiger charge is -2.08. The molecule has 1 aromatic heterocycles. The van der Waals surface area contributed by atoms with Gasteiger partial charge in [0.25, 0.3) is 0 Å². The van der Waals surface area contributed by atoms with E-state index in [1.165, 1.54) is 6.20 Å². The molecule has 7 nitrogen and oxygen atoms in total. The number of esters is 2. The Morgan fingerprint density at radius 2 is 2.15 bits per heavy atom. The van der Waals surface area contributed by atoms with Crippen LogP contribution in [0, 0.1) is 0 Å². The van der Waals surface area contributed by atoms with E-state index in [0.717, 1.165) is 11.8 Å². The van der Waals surface area contributed by atoms with Crippen molar-refractivity contribution in [2.45, 2.75) is 32.0 Å². The predicted molar refractivity (Wildman–Crippen MR) is 74.4 cm³/mol. The van der Waals surface area contributed by atoms with Crippen LogP contribution in [0.1, 0.15) is 31.1 Å². The summed E-state index contributed by atoms with van der Waals surface area (Å²) in [6, 6.07) is 0. The molecule has 0 bridgehead atoms. The van der Waals surface area contributed by atoms with Crippen molar-refractivity contribution in [1.82, 2.24) is 9.97 Å². The number of aromatic nitrogens is 2. The summed E-state index contributed by atoms with van der Waals surface area (Å²) in [6.45, 7) is 5.48. The summed E-state index contributed by atoms with van der Waals surface area (Å²) < 4.78 is 9.79. The molecular formula is C12H17N3O4S. The van der Waals surface area contributed by atoms with E-state index < -0.39 is 5.97 Å². The fourth-order valence-corrected chi connectivity index (χ4v) is 1.84. The summed E-state index contributed by atoms with van der Waals surface area (Å²) in [4.78, 5) is 30.8. The molecule has 8 heteroatoms. The number of carbonyl (C=O) groups excluding carboxylic acids is 2. The van der Waals surface area contributed by atoms with Gasteiger partial charge >= 0.3 is 11.9 Å². The van der Waals surface area contributed by atoms with Crippen LogP contribution in [0.25, 0.3) is 0 Å². The van der Waals surface area contributed by atoms with Crippen LogP contribution in [0.4, 0.5) is 5.82 Å². The number of nitrogen functional groups attached to an aromatic ring is 1. The van der Waals surface area contributed by atoms with Crippen molar-refractivity contribution in [1.29, 1.82) is 0 Å². The molecule has 0 aliphatic heterocycles. The molecule has 0 saturated carbocycles. The first-order chi connectivity index (χ1) is 9.43. The first-order valence-corrected chi connectivity index (χ1v) is 7.04. The fraction of sp³-hybridized carbons (Fsp3) is 0.500. The predicted octanol–water partition coefficient (Wildman–Crippen LogP) is 1.28. The van der Waals surface area contributed by atoms with E-state index in [9.17, 15) is 9.59 Å². The van der Waals surface area contributed by atoms with Crippen molar-refractivity contribution < 1.29 is 19.1 Å². The molecular weight excluding hydrogens is 282 g/mol.